The lowest BCUT2D eigenvalue weighted by molar-refractivity contribution is 0.0628. The minimum Gasteiger partial charge on any atom is -0.336 e. The Labute approximate surface area is 179 Å². The fraction of sp³-hybridized carbons (Fsp3) is 0.318. The van der Waals surface area contributed by atoms with Crippen molar-refractivity contribution in [2.45, 2.75) is 20.4 Å². The molecule has 1 aliphatic rings. The SMILES string of the molecule is Cc1nn(-c2ccc(C(=O)N3CCN(Cc4ccncc4)CC3)cc2)c(C)c1Br. The molecule has 0 unspecified atom stereocenters. The number of carbonyl (C=O) groups is 1. The van der Waals surface area contributed by atoms with Crippen LogP contribution < -0.4 is 0 Å². The maximum atomic E-state index is 12.9. The van der Waals surface area contributed by atoms with Crippen molar-refractivity contribution >= 4 is 21.8 Å². The molecule has 1 saturated heterocycles. The minimum absolute atomic E-state index is 0.0923. The van der Waals surface area contributed by atoms with Crippen LogP contribution in [0.5, 0.6) is 0 Å². The molecule has 0 radical (unpaired) electrons. The third-order valence-electron chi connectivity index (χ3n) is 5.38. The molecule has 0 bridgehead atoms. The molecule has 150 valence electrons. The number of rotatable bonds is 4. The summed E-state index contributed by atoms with van der Waals surface area (Å²) >= 11 is 3.56. The van der Waals surface area contributed by atoms with E-state index < -0.39 is 0 Å². The van der Waals surface area contributed by atoms with Crippen LogP contribution in [0.2, 0.25) is 0 Å². The molecule has 0 aliphatic carbocycles. The van der Waals surface area contributed by atoms with Crippen LogP contribution in [0.15, 0.2) is 53.3 Å². The van der Waals surface area contributed by atoms with Crippen LogP contribution in [0.3, 0.4) is 0 Å². The van der Waals surface area contributed by atoms with Gasteiger partial charge < -0.3 is 4.90 Å². The summed E-state index contributed by atoms with van der Waals surface area (Å²) in [5, 5.41) is 4.55. The van der Waals surface area contributed by atoms with Crippen molar-refractivity contribution in [3.8, 4) is 5.69 Å². The summed E-state index contributed by atoms with van der Waals surface area (Å²) in [7, 11) is 0. The Morgan fingerprint density at radius 3 is 2.24 bits per heavy atom. The van der Waals surface area contributed by atoms with E-state index >= 15 is 0 Å². The summed E-state index contributed by atoms with van der Waals surface area (Å²) in [6.45, 7) is 8.15. The first kappa shape index (κ1) is 19.8. The van der Waals surface area contributed by atoms with Gasteiger partial charge in [0.15, 0.2) is 0 Å². The van der Waals surface area contributed by atoms with Gasteiger partial charge in [-0.3, -0.25) is 14.7 Å². The predicted molar refractivity (Wildman–Crippen MR) is 116 cm³/mol. The Hall–Kier alpha value is -2.51. The van der Waals surface area contributed by atoms with Gasteiger partial charge in [0.25, 0.3) is 5.91 Å². The molecule has 1 amide bonds. The second kappa shape index (κ2) is 8.47. The normalized spacial score (nSPS) is 14.9. The monoisotopic (exact) mass is 453 g/mol. The highest BCUT2D eigenvalue weighted by Gasteiger charge is 2.22. The number of benzene rings is 1. The number of aryl methyl sites for hydroxylation is 1. The molecule has 6 nitrogen and oxygen atoms in total. The van der Waals surface area contributed by atoms with E-state index in [-0.39, 0.29) is 5.91 Å². The van der Waals surface area contributed by atoms with Crippen molar-refractivity contribution in [3.05, 3.63) is 75.8 Å². The van der Waals surface area contributed by atoms with E-state index in [0.29, 0.717) is 0 Å². The van der Waals surface area contributed by atoms with E-state index in [4.69, 9.17) is 0 Å². The Bertz CT molecular complexity index is 992. The van der Waals surface area contributed by atoms with Crippen molar-refractivity contribution in [1.29, 1.82) is 0 Å². The van der Waals surface area contributed by atoms with Crippen LogP contribution in [0, 0.1) is 13.8 Å². The van der Waals surface area contributed by atoms with Crippen LogP contribution in [-0.2, 0) is 6.54 Å². The Kier molecular flexibility index (Phi) is 5.78. The highest BCUT2D eigenvalue weighted by Crippen LogP contribution is 2.23. The van der Waals surface area contributed by atoms with Gasteiger partial charge in [-0.15, -0.1) is 0 Å². The maximum absolute atomic E-state index is 12.9. The predicted octanol–water partition coefficient (Wildman–Crippen LogP) is 3.60. The number of piperazine rings is 1. The molecule has 1 fully saturated rings. The van der Waals surface area contributed by atoms with Crippen LogP contribution in [0.4, 0.5) is 0 Å². The van der Waals surface area contributed by atoms with Gasteiger partial charge in [0.1, 0.15) is 0 Å². The van der Waals surface area contributed by atoms with Gasteiger partial charge in [0.2, 0.25) is 0 Å². The smallest absolute Gasteiger partial charge is 0.253 e. The molecular weight excluding hydrogens is 430 g/mol. The van der Waals surface area contributed by atoms with E-state index in [2.05, 4.69) is 30.9 Å². The molecule has 0 N–H and O–H groups in total. The lowest BCUT2D eigenvalue weighted by Gasteiger charge is -2.34. The summed E-state index contributed by atoms with van der Waals surface area (Å²) in [5.41, 5.74) is 4.93. The fourth-order valence-electron chi connectivity index (χ4n) is 3.66. The molecule has 4 rings (SSSR count). The first-order chi connectivity index (χ1) is 14.0. The summed E-state index contributed by atoms with van der Waals surface area (Å²) in [6.07, 6.45) is 3.65. The number of pyridine rings is 1. The van der Waals surface area contributed by atoms with Crippen molar-refractivity contribution in [2.75, 3.05) is 26.2 Å². The lowest BCUT2D eigenvalue weighted by Crippen LogP contribution is -2.48. The van der Waals surface area contributed by atoms with Gasteiger partial charge in [-0.05, 0) is 71.7 Å². The number of aromatic nitrogens is 3. The van der Waals surface area contributed by atoms with E-state index in [1.54, 1.807) is 0 Å². The number of hydrogen-bond acceptors (Lipinski definition) is 4. The zero-order valence-electron chi connectivity index (χ0n) is 16.7. The van der Waals surface area contributed by atoms with E-state index in [1.165, 1.54) is 5.56 Å². The van der Waals surface area contributed by atoms with E-state index in [0.717, 1.165) is 59.8 Å². The zero-order valence-corrected chi connectivity index (χ0v) is 18.3. The van der Waals surface area contributed by atoms with Gasteiger partial charge in [0, 0.05) is 50.7 Å². The second-order valence-electron chi connectivity index (χ2n) is 7.37. The third kappa shape index (κ3) is 4.26. The van der Waals surface area contributed by atoms with Crippen LogP contribution in [0.1, 0.15) is 27.3 Å². The first-order valence-electron chi connectivity index (χ1n) is 9.75. The molecular formula is C22H24BrN5O. The van der Waals surface area contributed by atoms with Crippen molar-refractivity contribution < 1.29 is 4.79 Å². The molecule has 7 heteroatoms. The number of carbonyl (C=O) groups excluding carboxylic acids is 1. The Morgan fingerprint density at radius 2 is 1.66 bits per heavy atom. The molecule has 2 aromatic heterocycles. The third-order valence-corrected chi connectivity index (χ3v) is 6.52. The molecule has 3 aromatic rings. The Balaban J connectivity index is 1.38. The molecule has 0 spiro atoms. The number of halogens is 1. The molecule has 1 aromatic carbocycles. The lowest BCUT2D eigenvalue weighted by atomic mass is 10.1. The largest absolute Gasteiger partial charge is 0.336 e. The molecule has 3 heterocycles. The highest BCUT2D eigenvalue weighted by molar-refractivity contribution is 9.10. The quantitative estimate of drug-likeness (QED) is 0.605. The molecule has 29 heavy (non-hydrogen) atoms. The number of nitrogens with zero attached hydrogens (tertiary/aromatic N) is 5. The summed E-state index contributed by atoms with van der Waals surface area (Å²) in [5.74, 6) is 0.0923. The van der Waals surface area contributed by atoms with Gasteiger partial charge in [-0.1, -0.05) is 0 Å². The fourth-order valence-corrected chi connectivity index (χ4v) is 3.91. The molecule has 1 aliphatic heterocycles. The van der Waals surface area contributed by atoms with Gasteiger partial charge >= 0.3 is 0 Å². The average Bonchev–Trinajstić information content (AvgIpc) is 3.02. The Morgan fingerprint density at radius 1 is 1.00 bits per heavy atom. The average molecular weight is 454 g/mol. The van der Waals surface area contributed by atoms with Gasteiger partial charge in [-0.2, -0.15) is 5.10 Å². The summed E-state index contributed by atoms with van der Waals surface area (Å²) in [6, 6.07) is 11.8. The van der Waals surface area contributed by atoms with E-state index in [1.807, 2.05) is 72.2 Å². The van der Waals surface area contributed by atoms with Crippen molar-refractivity contribution in [2.24, 2.45) is 0 Å². The second-order valence-corrected chi connectivity index (χ2v) is 8.16. The number of amides is 1. The minimum atomic E-state index is 0.0923. The summed E-state index contributed by atoms with van der Waals surface area (Å²) in [4.78, 5) is 21.3. The molecule has 0 saturated carbocycles. The van der Waals surface area contributed by atoms with Crippen molar-refractivity contribution in [1.82, 2.24) is 24.6 Å². The van der Waals surface area contributed by atoms with Crippen molar-refractivity contribution in [3.63, 3.8) is 0 Å². The standard InChI is InChI=1S/C22H24BrN5O/c1-16-21(23)17(2)28(25-16)20-5-3-19(4-6-20)22(29)27-13-11-26(12-14-27)15-18-7-9-24-10-8-18/h3-10H,11-15H2,1-2H3. The maximum Gasteiger partial charge on any atom is 0.253 e. The van der Waals surface area contributed by atoms with Gasteiger partial charge in [0.05, 0.1) is 21.5 Å². The van der Waals surface area contributed by atoms with E-state index in [9.17, 15) is 4.79 Å². The van der Waals surface area contributed by atoms with Crippen LogP contribution >= 0.6 is 15.9 Å². The summed E-state index contributed by atoms with van der Waals surface area (Å²) < 4.78 is 2.91. The van der Waals surface area contributed by atoms with Crippen LogP contribution in [-0.4, -0.2) is 56.7 Å². The van der Waals surface area contributed by atoms with Gasteiger partial charge in [-0.25, -0.2) is 4.68 Å². The molecule has 0 atom stereocenters. The first-order valence-corrected chi connectivity index (χ1v) is 10.5. The number of hydrogen-bond donors (Lipinski definition) is 0. The highest BCUT2D eigenvalue weighted by atomic mass is 79.9. The zero-order chi connectivity index (χ0) is 20.4. The van der Waals surface area contributed by atoms with Crippen LogP contribution in [0.25, 0.3) is 5.69 Å². The topological polar surface area (TPSA) is 54.3 Å².